The standard InChI is InChI=1S/C12H13NO3/c1-7-4-9-5-8(2-3-11(9)16-7)10(6-13)12(14)15/h2-5,10H,6,13H2,1H3,(H,14,15). The molecule has 0 bridgehead atoms. The Morgan fingerprint density at radius 3 is 2.88 bits per heavy atom. The van der Waals surface area contributed by atoms with Gasteiger partial charge in [-0.2, -0.15) is 0 Å². The zero-order valence-corrected chi connectivity index (χ0v) is 8.93. The number of hydrogen-bond acceptors (Lipinski definition) is 3. The zero-order valence-electron chi connectivity index (χ0n) is 8.93. The molecule has 0 aliphatic carbocycles. The average molecular weight is 219 g/mol. The molecule has 1 atom stereocenters. The first-order chi connectivity index (χ1) is 7.61. The second-order valence-corrected chi connectivity index (χ2v) is 3.78. The van der Waals surface area contributed by atoms with Crippen molar-refractivity contribution >= 4 is 16.9 Å². The molecule has 0 fully saturated rings. The van der Waals surface area contributed by atoms with Crippen molar-refractivity contribution in [1.82, 2.24) is 0 Å². The topological polar surface area (TPSA) is 76.5 Å². The maximum Gasteiger partial charge on any atom is 0.312 e. The van der Waals surface area contributed by atoms with Gasteiger partial charge in [-0.15, -0.1) is 0 Å². The first kappa shape index (κ1) is 10.7. The summed E-state index contributed by atoms with van der Waals surface area (Å²) in [7, 11) is 0. The highest BCUT2D eigenvalue weighted by atomic mass is 16.4. The summed E-state index contributed by atoms with van der Waals surface area (Å²) < 4.78 is 5.42. The Kier molecular flexibility index (Phi) is 2.66. The predicted octanol–water partition coefficient (Wildman–Crippen LogP) is 1.87. The lowest BCUT2D eigenvalue weighted by Gasteiger charge is -2.09. The molecule has 16 heavy (non-hydrogen) atoms. The fourth-order valence-electron chi connectivity index (χ4n) is 1.79. The van der Waals surface area contributed by atoms with Crippen LogP contribution < -0.4 is 5.73 Å². The molecular formula is C12H13NO3. The van der Waals surface area contributed by atoms with E-state index in [2.05, 4.69) is 0 Å². The number of carboxylic acid groups (broad SMARTS) is 1. The Hall–Kier alpha value is -1.81. The molecule has 0 saturated heterocycles. The summed E-state index contributed by atoms with van der Waals surface area (Å²) in [5.74, 6) is -0.742. The van der Waals surface area contributed by atoms with Gasteiger partial charge in [0.2, 0.25) is 0 Å². The van der Waals surface area contributed by atoms with Gasteiger partial charge < -0.3 is 15.3 Å². The number of hydrogen-bond donors (Lipinski definition) is 2. The molecule has 84 valence electrons. The summed E-state index contributed by atoms with van der Waals surface area (Å²) >= 11 is 0. The molecular weight excluding hydrogens is 206 g/mol. The lowest BCUT2D eigenvalue weighted by Crippen LogP contribution is -2.20. The predicted molar refractivity (Wildman–Crippen MR) is 60.4 cm³/mol. The Morgan fingerprint density at radius 1 is 1.50 bits per heavy atom. The quantitative estimate of drug-likeness (QED) is 0.826. The van der Waals surface area contributed by atoms with Crippen LogP contribution in [0.25, 0.3) is 11.0 Å². The summed E-state index contributed by atoms with van der Waals surface area (Å²) in [5.41, 5.74) is 6.93. The van der Waals surface area contributed by atoms with E-state index >= 15 is 0 Å². The van der Waals surface area contributed by atoms with Crippen LogP contribution in [0.3, 0.4) is 0 Å². The van der Waals surface area contributed by atoms with Gasteiger partial charge in [0.15, 0.2) is 0 Å². The smallest absolute Gasteiger partial charge is 0.312 e. The number of carboxylic acids is 1. The van der Waals surface area contributed by atoms with Crippen molar-refractivity contribution in [2.24, 2.45) is 5.73 Å². The van der Waals surface area contributed by atoms with E-state index < -0.39 is 11.9 Å². The van der Waals surface area contributed by atoms with Gasteiger partial charge in [0, 0.05) is 11.9 Å². The molecule has 1 aromatic heterocycles. The van der Waals surface area contributed by atoms with Gasteiger partial charge in [-0.25, -0.2) is 0 Å². The van der Waals surface area contributed by atoms with Crippen LogP contribution in [0.4, 0.5) is 0 Å². The minimum Gasteiger partial charge on any atom is -0.481 e. The number of fused-ring (bicyclic) bond motifs is 1. The fraction of sp³-hybridized carbons (Fsp3) is 0.250. The van der Waals surface area contributed by atoms with Crippen LogP contribution in [0, 0.1) is 6.92 Å². The highest BCUT2D eigenvalue weighted by Crippen LogP contribution is 2.24. The van der Waals surface area contributed by atoms with Crippen LogP contribution >= 0.6 is 0 Å². The molecule has 0 aliphatic rings. The molecule has 0 amide bonds. The second-order valence-electron chi connectivity index (χ2n) is 3.78. The Morgan fingerprint density at radius 2 is 2.25 bits per heavy atom. The number of aryl methyl sites for hydroxylation is 1. The highest BCUT2D eigenvalue weighted by molar-refractivity contribution is 5.82. The van der Waals surface area contributed by atoms with Crippen LogP contribution in [-0.2, 0) is 4.79 Å². The van der Waals surface area contributed by atoms with Gasteiger partial charge in [0.1, 0.15) is 11.3 Å². The van der Waals surface area contributed by atoms with Crippen molar-refractivity contribution in [1.29, 1.82) is 0 Å². The van der Waals surface area contributed by atoms with E-state index in [1.165, 1.54) is 0 Å². The molecule has 3 N–H and O–H groups in total. The molecule has 0 aliphatic heterocycles. The molecule has 2 aromatic rings. The fourth-order valence-corrected chi connectivity index (χ4v) is 1.79. The van der Waals surface area contributed by atoms with Crippen LogP contribution in [0.15, 0.2) is 28.7 Å². The van der Waals surface area contributed by atoms with Crippen molar-refractivity contribution < 1.29 is 14.3 Å². The summed E-state index contributed by atoms with van der Waals surface area (Å²) in [4.78, 5) is 11.0. The van der Waals surface area contributed by atoms with Gasteiger partial charge in [-0.05, 0) is 30.7 Å². The normalized spacial score (nSPS) is 12.9. The lowest BCUT2D eigenvalue weighted by atomic mass is 9.98. The van der Waals surface area contributed by atoms with Crippen LogP contribution in [0.2, 0.25) is 0 Å². The summed E-state index contributed by atoms with van der Waals surface area (Å²) in [6, 6.07) is 7.23. The third kappa shape index (κ3) is 1.79. The van der Waals surface area contributed by atoms with Gasteiger partial charge in [0.05, 0.1) is 5.92 Å². The van der Waals surface area contributed by atoms with Gasteiger partial charge in [-0.3, -0.25) is 4.79 Å². The first-order valence-corrected chi connectivity index (χ1v) is 5.05. The van der Waals surface area contributed by atoms with E-state index in [0.717, 1.165) is 16.7 Å². The number of nitrogens with two attached hydrogens (primary N) is 1. The van der Waals surface area contributed by atoms with Crippen LogP contribution in [0.5, 0.6) is 0 Å². The number of carbonyl (C=O) groups is 1. The van der Waals surface area contributed by atoms with Crippen molar-refractivity contribution in [3.63, 3.8) is 0 Å². The highest BCUT2D eigenvalue weighted by Gasteiger charge is 2.18. The molecule has 1 aromatic carbocycles. The molecule has 1 unspecified atom stereocenters. The van der Waals surface area contributed by atoms with E-state index in [9.17, 15) is 4.79 Å². The SMILES string of the molecule is Cc1cc2cc(C(CN)C(=O)O)ccc2o1. The molecule has 1 heterocycles. The number of furan rings is 1. The molecule has 2 rings (SSSR count). The van der Waals surface area contributed by atoms with E-state index in [1.807, 2.05) is 19.1 Å². The van der Waals surface area contributed by atoms with Crippen LogP contribution in [-0.4, -0.2) is 17.6 Å². The van der Waals surface area contributed by atoms with Crippen molar-refractivity contribution in [3.05, 3.63) is 35.6 Å². The molecule has 4 nitrogen and oxygen atoms in total. The van der Waals surface area contributed by atoms with E-state index in [-0.39, 0.29) is 6.54 Å². The monoisotopic (exact) mass is 219 g/mol. The Bertz CT molecular complexity index is 530. The third-order valence-corrected chi connectivity index (χ3v) is 2.60. The Balaban J connectivity index is 2.48. The lowest BCUT2D eigenvalue weighted by molar-refractivity contribution is -0.138. The molecule has 0 saturated carbocycles. The average Bonchev–Trinajstić information content (AvgIpc) is 2.57. The summed E-state index contributed by atoms with van der Waals surface area (Å²) in [5, 5.41) is 9.91. The Labute approximate surface area is 92.7 Å². The minimum atomic E-state index is -0.901. The van der Waals surface area contributed by atoms with E-state index in [4.69, 9.17) is 15.3 Å². The molecule has 0 radical (unpaired) electrons. The van der Waals surface area contributed by atoms with E-state index in [1.54, 1.807) is 12.1 Å². The van der Waals surface area contributed by atoms with Crippen molar-refractivity contribution in [2.45, 2.75) is 12.8 Å². The first-order valence-electron chi connectivity index (χ1n) is 5.05. The van der Waals surface area contributed by atoms with Gasteiger partial charge >= 0.3 is 5.97 Å². The van der Waals surface area contributed by atoms with Crippen LogP contribution in [0.1, 0.15) is 17.2 Å². The van der Waals surface area contributed by atoms with Crippen molar-refractivity contribution in [3.8, 4) is 0 Å². The zero-order chi connectivity index (χ0) is 11.7. The maximum atomic E-state index is 11.0. The van der Waals surface area contributed by atoms with E-state index in [0.29, 0.717) is 5.56 Å². The van der Waals surface area contributed by atoms with Gasteiger partial charge in [0.25, 0.3) is 0 Å². The number of aliphatic carboxylic acids is 1. The number of benzene rings is 1. The third-order valence-electron chi connectivity index (χ3n) is 2.60. The second kappa shape index (κ2) is 3.98. The molecule has 0 spiro atoms. The number of rotatable bonds is 3. The summed E-state index contributed by atoms with van der Waals surface area (Å²) in [6.07, 6.45) is 0. The maximum absolute atomic E-state index is 11.0. The van der Waals surface area contributed by atoms with Gasteiger partial charge in [-0.1, -0.05) is 6.07 Å². The minimum absolute atomic E-state index is 0.0949. The largest absolute Gasteiger partial charge is 0.481 e. The van der Waals surface area contributed by atoms with Crippen molar-refractivity contribution in [2.75, 3.05) is 6.54 Å². The molecule has 4 heteroatoms. The summed E-state index contributed by atoms with van der Waals surface area (Å²) in [6.45, 7) is 1.95.